The van der Waals surface area contributed by atoms with Crippen LogP contribution >= 0.6 is 0 Å². The quantitative estimate of drug-likeness (QED) is 0.918. The second-order valence-electron chi connectivity index (χ2n) is 4.19. The van der Waals surface area contributed by atoms with Crippen molar-refractivity contribution in [1.29, 1.82) is 0 Å². The fraction of sp³-hybridized carbons (Fsp3) is 0.200. The predicted octanol–water partition coefficient (Wildman–Crippen LogP) is 3.09. The summed E-state index contributed by atoms with van der Waals surface area (Å²) in [5.41, 5.74) is 2.26. The van der Waals surface area contributed by atoms with Gasteiger partial charge in [-0.3, -0.25) is 0 Å². The third-order valence-electron chi connectivity index (χ3n) is 3.03. The number of methoxy groups -OCH3 is 1. The van der Waals surface area contributed by atoms with Crippen LogP contribution in [0.5, 0.6) is 5.75 Å². The molecule has 19 heavy (non-hydrogen) atoms. The average molecular weight is 261 g/mol. The van der Waals surface area contributed by atoms with E-state index >= 15 is 0 Å². The standard InChI is InChI=1S/C15H16FNO2/c1-17(13-4-6-14(19-2)7-5-13)15-8-3-12(16)9-11(15)10-18/h3-9,18H,10H2,1-2H3. The van der Waals surface area contributed by atoms with Gasteiger partial charge < -0.3 is 14.7 Å². The van der Waals surface area contributed by atoms with Gasteiger partial charge in [0.1, 0.15) is 11.6 Å². The van der Waals surface area contributed by atoms with Gasteiger partial charge in [0.15, 0.2) is 0 Å². The highest BCUT2D eigenvalue weighted by Gasteiger charge is 2.10. The summed E-state index contributed by atoms with van der Waals surface area (Å²) in [5.74, 6) is 0.426. The Bertz CT molecular complexity index is 555. The van der Waals surface area contributed by atoms with E-state index in [9.17, 15) is 9.50 Å². The van der Waals surface area contributed by atoms with Gasteiger partial charge in [-0.15, -0.1) is 0 Å². The van der Waals surface area contributed by atoms with Gasteiger partial charge in [-0.05, 0) is 42.5 Å². The van der Waals surface area contributed by atoms with E-state index in [1.807, 2.05) is 36.2 Å². The van der Waals surface area contributed by atoms with Gasteiger partial charge in [0.05, 0.1) is 13.7 Å². The van der Waals surface area contributed by atoms with Gasteiger partial charge in [0, 0.05) is 24.0 Å². The van der Waals surface area contributed by atoms with Crippen molar-refractivity contribution in [3.8, 4) is 5.75 Å². The van der Waals surface area contributed by atoms with Crippen LogP contribution in [0, 0.1) is 5.82 Å². The number of hydrogen-bond donors (Lipinski definition) is 1. The number of rotatable bonds is 4. The predicted molar refractivity (Wildman–Crippen MR) is 73.4 cm³/mol. The Morgan fingerprint density at radius 1 is 1.16 bits per heavy atom. The van der Waals surface area contributed by atoms with Crippen LogP contribution in [-0.2, 0) is 6.61 Å². The topological polar surface area (TPSA) is 32.7 Å². The Morgan fingerprint density at radius 3 is 2.42 bits per heavy atom. The van der Waals surface area contributed by atoms with Gasteiger partial charge in [-0.2, -0.15) is 0 Å². The number of anilines is 2. The number of aliphatic hydroxyl groups excluding tert-OH is 1. The molecule has 0 saturated heterocycles. The van der Waals surface area contributed by atoms with E-state index in [-0.39, 0.29) is 12.4 Å². The summed E-state index contributed by atoms with van der Waals surface area (Å²) in [6.45, 7) is -0.201. The van der Waals surface area contributed by atoms with Crippen molar-refractivity contribution in [2.75, 3.05) is 19.1 Å². The molecule has 3 nitrogen and oxygen atoms in total. The fourth-order valence-corrected chi connectivity index (χ4v) is 1.95. The van der Waals surface area contributed by atoms with Gasteiger partial charge >= 0.3 is 0 Å². The number of benzene rings is 2. The lowest BCUT2D eigenvalue weighted by Gasteiger charge is -2.22. The zero-order valence-electron chi connectivity index (χ0n) is 10.9. The van der Waals surface area contributed by atoms with E-state index < -0.39 is 0 Å². The molecule has 0 saturated carbocycles. The van der Waals surface area contributed by atoms with E-state index in [1.54, 1.807) is 13.2 Å². The lowest BCUT2D eigenvalue weighted by molar-refractivity contribution is 0.281. The maximum absolute atomic E-state index is 13.2. The van der Waals surface area contributed by atoms with Crippen LogP contribution in [0.15, 0.2) is 42.5 Å². The molecule has 100 valence electrons. The van der Waals surface area contributed by atoms with Crippen molar-refractivity contribution < 1.29 is 14.2 Å². The Kier molecular flexibility index (Phi) is 4.02. The Morgan fingerprint density at radius 2 is 1.84 bits per heavy atom. The molecule has 0 aromatic heterocycles. The molecule has 0 unspecified atom stereocenters. The van der Waals surface area contributed by atoms with Gasteiger partial charge in [-0.1, -0.05) is 0 Å². The summed E-state index contributed by atoms with van der Waals surface area (Å²) >= 11 is 0. The minimum atomic E-state index is -0.351. The van der Waals surface area contributed by atoms with Crippen LogP contribution in [0.25, 0.3) is 0 Å². The molecule has 0 atom stereocenters. The summed E-state index contributed by atoms with van der Waals surface area (Å²) in [5, 5.41) is 9.31. The van der Waals surface area contributed by atoms with Crippen molar-refractivity contribution in [2.24, 2.45) is 0 Å². The smallest absolute Gasteiger partial charge is 0.123 e. The van der Waals surface area contributed by atoms with Crippen LogP contribution in [0.3, 0.4) is 0 Å². The summed E-state index contributed by atoms with van der Waals surface area (Å²) in [6.07, 6.45) is 0. The monoisotopic (exact) mass is 261 g/mol. The molecular formula is C15H16FNO2. The Balaban J connectivity index is 2.34. The SMILES string of the molecule is COc1ccc(N(C)c2ccc(F)cc2CO)cc1. The number of halogens is 1. The highest BCUT2D eigenvalue weighted by molar-refractivity contribution is 5.66. The number of aliphatic hydroxyl groups is 1. The van der Waals surface area contributed by atoms with Crippen molar-refractivity contribution in [3.05, 3.63) is 53.8 Å². The van der Waals surface area contributed by atoms with Gasteiger partial charge in [-0.25, -0.2) is 4.39 Å². The lowest BCUT2D eigenvalue weighted by Crippen LogP contribution is -2.12. The second-order valence-corrected chi connectivity index (χ2v) is 4.19. The van der Waals surface area contributed by atoms with Crippen molar-refractivity contribution in [3.63, 3.8) is 0 Å². The van der Waals surface area contributed by atoms with E-state index in [0.29, 0.717) is 5.56 Å². The molecule has 0 heterocycles. The van der Waals surface area contributed by atoms with E-state index in [0.717, 1.165) is 17.1 Å². The van der Waals surface area contributed by atoms with E-state index in [1.165, 1.54) is 12.1 Å². The molecule has 0 spiro atoms. The third-order valence-corrected chi connectivity index (χ3v) is 3.03. The van der Waals surface area contributed by atoms with Gasteiger partial charge in [0.2, 0.25) is 0 Å². The summed E-state index contributed by atoms with van der Waals surface area (Å²) < 4.78 is 18.3. The zero-order chi connectivity index (χ0) is 13.8. The Hall–Kier alpha value is -2.07. The number of ether oxygens (including phenoxy) is 1. The highest BCUT2D eigenvalue weighted by atomic mass is 19.1. The first-order valence-electron chi connectivity index (χ1n) is 5.92. The molecule has 0 fully saturated rings. The summed E-state index contributed by atoms with van der Waals surface area (Å²) in [4.78, 5) is 1.89. The molecule has 4 heteroatoms. The molecule has 0 radical (unpaired) electrons. The normalized spacial score (nSPS) is 10.3. The molecule has 0 aliphatic rings. The molecule has 2 aromatic rings. The zero-order valence-corrected chi connectivity index (χ0v) is 10.9. The molecule has 0 amide bonds. The maximum Gasteiger partial charge on any atom is 0.123 e. The first kappa shape index (κ1) is 13.4. The van der Waals surface area contributed by atoms with Crippen LogP contribution < -0.4 is 9.64 Å². The summed E-state index contributed by atoms with van der Waals surface area (Å²) in [7, 11) is 3.48. The van der Waals surface area contributed by atoms with Crippen LogP contribution in [0.1, 0.15) is 5.56 Å². The number of nitrogens with zero attached hydrogens (tertiary/aromatic N) is 1. The Labute approximate surface area is 111 Å². The molecule has 0 aliphatic heterocycles. The van der Waals surface area contributed by atoms with Crippen LogP contribution in [-0.4, -0.2) is 19.3 Å². The first-order chi connectivity index (χ1) is 9.15. The minimum Gasteiger partial charge on any atom is -0.497 e. The van der Waals surface area contributed by atoms with Crippen molar-refractivity contribution in [1.82, 2.24) is 0 Å². The van der Waals surface area contributed by atoms with E-state index in [4.69, 9.17) is 4.74 Å². The van der Waals surface area contributed by atoms with Crippen molar-refractivity contribution in [2.45, 2.75) is 6.61 Å². The largest absolute Gasteiger partial charge is 0.497 e. The molecule has 0 bridgehead atoms. The molecule has 1 N–H and O–H groups in total. The van der Waals surface area contributed by atoms with Crippen LogP contribution in [0.4, 0.5) is 15.8 Å². The van der Waals surface area contributed by atoms with Crippen LogP contribution in [0.2, 0.25) is 0 Å². The molecule has 0 aliphatic carbocycles. The number of hydrogen-bond acceptors (Lipinski definition) is 3. The fourth-order valence-electron chi connectivity index (χ4n) is 1.95. The van der Waals surface area contributed by atoms with Crippen molar-refractivity contribution >= 4 is 11.4 Å². The molecule has 2 aromatic carbocycles. The second kappa shape index (κ2) is 5.71. The lowest BCUT2D eigenvalue weighted by atomic mass is 10.1. The van der Waals surface area contributed by atoms with Gasteiger partial charge in [0.25, 0.3) is 0 Å². The van der Waals surface area contributed by atoms with E-state index in [2.05, 4.69) is 0 Å². The maximum atomic E-state index is 13.2. The highest BCUT2D eigenvalue weighted by Crippen LogP contribution is 2.28. The minimum absolute atomic E-state index is 0.201. The molecule has 2 rings (SSSR count). The average Bonchev–Trinajstić information content (AvgIpc) is 2.46. The summed E-state index contributed by atoms with van der Waals surface area (Å²) in [6, 6.07) is 11.9. The first-order valence-corrected chi connectivity index (χ1v) is 5.92. The third kappa shape index (κ3) is 2.85. The molecular weight excluding hydrogens is 245 g/mol.